The van der Waals surface area contributed by atoms with Crippen molar-refractivity contribution in [2.24, 2.45) is 0 Å². The van der Waals surface area contributed by atoms with Crippen molar-refractivity contribution in [2.45, 2.75) is 17.8 Å². The lowest BCUT2D eigenvalue weighted by Crippen LogP contribution is -1.73. The summed E-state index contributed by atoms with van der Waals surface area (Å²) in [4.78, 5) is 10.0. The van der Waals surface area contributed by atoms with Gasteiger partial charge in [-0.15, -0.1) is 0 Å². The standard InChI is InChI=1S/C7H6O.C3H7I/c8-6-7-4-2-1-3-5-7;1-3(2)4/h1-6H;3H,1-2H3. The van der Waals surface area contributed by atoms with Crippen molar-refractivity contribution in [3.63, 3.8) is 0 Å². The molecule has 0 aliphatic rings. The summed E-state index contributed by atoms with van der Waals surface area (Å²) in [6.45, 7) is 4.31. The van der Waals surface area contributed by atoms with Crippen molar-refractivity contribution < 1.29 is 4.79 Å². The zero-order valence-corrected chi connectivity index (χ0v) is 9.49. The first-order chi connectivity index (χ1) is 5.66. The van der Waals surface area contributed by atoms with Gasteiger partial charge in [-0.25, -0.2) is 0 Å². The predicted molar refractivity (Wildman–Crippen MR) is 61.0 cm³/mol. The average molecular weight is 276 g/mol. The minimum absolute atomic E-state index is 0.729. The van der Waals surface area contributed by atoms with Gasteiger partial charge in [-0.1, -0.05) is 66.8 Å². The van der Waals surface area contributed by atoms with Crippen LogP contribution < -0.4 is 0 Å². The summed E-state index contributed by atoms with van der Waals surface area (Å²) >= 11 is 2.34. The fourth-order valence-corrected chi connectivity index (χ4v) is 0.532. The lowest BCUT2D eigenvalue weighted by Gasteiger charge is -1.81. The molecule has 1 nitrogen and oxygen atoms in total. The van der Waals surface area contributed by atoms with Gasteiger partial charge in [0.1, 0.15) is 6.29 Å². The molecule has 0 N–H and O–H groups in total. The minimum atomic E-state index is 0.729. The van der Waals surface area contributed by atoms with Gasteiger partial charge in [0.2, 0.25) is 0 Å². The second kappa shape index (κ2) is 7.28. The average Bonchev–Trinajstić information content (AvgIpc) is 2.05. The van der Waals surface area contributed by atoms with Crippen molar-refractivity contribution in [2.75, 3.05) is 0 Å². The maximum atomic E-state index is 10.0. The summed E-state index contributed by atoms with van der Waals surface area (Å²) in [6, 6.07) is 9.10. The molecule has 1 aromatic rings. The van der Waals surface area contributed by atoms with Crippen LogP contribution in [0.3, 0.4) is 0 Å². The summed E-state index contributed by atoms with van der Waals surface area (Å²) in [5.41, 5.74) is 0.729. The van der Waals surface area contributed by atoms with E-state index < -0.39 is 0 Å². The number of aldehydes is 1. The number of rotatable bonds is 1. The molecule has 0 atom stereocenters. The first kappa shape index (κ1) is 11.6. The third kappa shape index (κ3) is 7.72. The Kier molecular flexibility index (Phi) is 7.05. The van der Waals surface area contributed by atoms with Crippen LogP contribution >= 0.6 is 22.6 Å². The van der Waals surface area contributed by atoms with Gasteiger partial charge in [0.25, 0.3) is 0 Å². The topological polar surface area (TPSA) is 17.1 Å². The number of hydrogen-bond acceptors (Lipinski definition) is 1. The highest BCUT2D eigenvalue weighted by Gasteiger charge is 1.80. The van der Waals surface area contributed by atoms with E-state index in [2.05, 4.69) is 36.4 Å². The molecule has 0 saturated heterocycles. The van der Waals surface area contributed by atoms with E-state index in [1.807, 2.05) is 18.2 Å². The van der Waals surface area contributed by atoms with Crippen LogP contribution in [-0.2, 0) is 0 Å². The normalized spacial score (nSPS) is 8.67. The second-order valence-electron chi connectivity index (χ2n) is 2.54. The number of hydrogen-bond donors (Lipinski definition) is 0. The van der Waals surface area contributed by atoms with E-state index in [1.54, 1.807) is 12.1 Å². The minimum Gasteiger partial charge on any atom is -0.298 e. The highest BCUT2D eigenvalue weighted by atomic mass is 127. The van der Waals surface area contributed by atoms with Crippen molar-refractivity contribution in [3.8, 4) is 0 Å². The molecule has 12 heavy (non-hydrogen) atoms. The Hall–Kier alpha value is -0.380. The van der Waals surface area contributed by atoms with Gasteiger partial charge in [-0.2, -0.15) is 0 Å². The summed E-state index contributed by atoms with van der Waals surface area (Å²) in [5, 5.41) is 0. The molecule has 0 heterocycles. The number of carbonyl (C=O) groups excluding carboxylic acids is 1. The van der Waals surface area contributed by atoms with Crippen LogP contribution in [0.1, 0.15) is 24.2 Å². The lowest BCUT2D eigenvalue weighted by atomic mass is 10.2. The van der Waals surface area contributed by atoms with Crippen molar-refractivity contribution in [3.05, 3.63) is 35.9 Å². The molecule has 0 aromatic heterocycles. The molecule has 0 aliphatic heterocycles. The van der Waals surface area contributed by atoms with E-state index in [4.69, 9.17) is 0 Å². The molecular formula is C10H13IO. The smallest absolute Gasteiger partial charge is 0.150 e. The molecule has 0 aliphatic carbocycles. The van der Waals surface area contributed by atoms with E-state index in [9.17, 15) is 4.79 Å². The molecule has 0 radical (unpaired) electrons. The van der Waals surface area contributed by atoms with Crippen LogP contribution in [0.5, 0.6) is 0 Å². The number of carbonyl (C=O) groups is 1. The molecule has 0 fully saturated rings. The summed E-state index contributed by atoms with van der Waals surface area (Å²) < 4.78 is 0.803. The van der Waals surface area contributed by atoms with Crippen molar-refractivity contribution in [1.29, 1.82) is 0 Å². The Bertz CT molecular complexity index is 204. The van der Waals surface area contributed by atoms with E-state index in [-0.39, 0.29) is 0 Å². The molecule has 0 spiro atoms. The largest absolute Gasteiger partial charge is 0.298 e. The van der Waals surface area contributed by atoms with Gasteiger partial charge >= 0.3 is 0 Å². The molecule has 1 aromatic carbocycles. The highest BCUT2D eigenvalue weighted by Crippen LogP contribution is 1.91. The Morgan fingerprint density at radius 3 is 1.92 bits per heavy atom. The third-order valence-electron chi connectivity index (χ3n) is 0.936. The first-order valence-electron chi connectivity index (χ1n) is 3.81. The molecule has 0 saturated carbocycles. The Morgan fingerprint density at radius 1 is 1.25 bits per heavy atom. The summed E-state index contributed by atoms with van der Waals surface area (Å²) in [6.07, 6.45) is 0.833. The zero-order valence-electron chi connectivity index (χ0n) is 7.33. The van der Waals surface area contributed by atoms with Crippen LogP contribution in [-0.4, -0.2) is 10.2 Å². The molecule has 1 rings (SSSR count). The SMILES string of the molecule is CC(C)I.O=Cc1ccccc1. The van der Waals surface area contributed by atoms with Crippen LogP contribution in [0.15, 0.2) is 30.3 Å². The van der Waals surface area contributed by atoms with Crippen LogP contribution in [0.4, 0.5) is 0 Å². The first-order valence-corrected chi connectivity index (χ1v) is 5.05. The predicted octanol–water partition coefficient (Wildman–Crippen LogP) is 3.33. The molecule has 0 unspecified atom stereocenters. The Labute approximate surface area is 87.3 Å². The quantitative estimate of drug-likeness (QED) is 0.437. The highest BCUT2D eigenvalue weighted by molar-refractivity contribution is 14.1. The van der Waals surface area contributed by atoms with E-state index in [0.717, 1.165) is 15.8 Å². The third-order valence-corrected chi connectivity index (χ3v) is 0.936. The zero-order chi connectivity index (χ0) is 9.40. The van der Waals surface area contributed by atoms with Gasteiger partial charge in [0.15, 0.2) is 0 Å². The van der Waals surface area contributed by atoms with Crippen molar-refractivity contribution >= 4 is 28.9 Å². The van der Waals surface area contributed by atoms with Crippen LogP contribution in [0.2, 0.25) is 0 Å². The van der Waals surface area contributed by atoms with Gasteiger partial charge in [-0.05, 0) is 0 Å². The maximum Gasteiger partial charge on any atom is 0.150 e. The fourth-order valence-electron chi connectivity index (χ4n) is 0.532. The summed E-state index contributed by atoms with van der Waals surface area (Å²) in [7, 11) is 0. The van der Waals surface area contributed by atoms with E-state index >= 15 is 0 Å². The van der Waals surface area contributed by atoms with Crippen LogP contribution in [0, 0.1) is 0 Å². The number of benzene rings is 1. The number of alkyl halides is 1. The molecular weight excluding hydrogens is 263 g/mol. The van der Waals surface area contributed by atoms with E-state index in [1.165, 1.54) is 0 Å². The second-order valence-corrected chi connectivity index (χ2v) is 5.03. The van der Waals surface area contributed by atoms with Gasteiger partial charge in [0.05, 0.1) is 0 Å². The number of halogens is 1. The van der Waals surface area contributed by atoms with E-state index in [0.29, 0.717) is 0 Å². The monoisotopic (exact) mass is 276 g/mol. The lowest BCUT2D eigenvalue weighted by molar-refractivity contribution is 0.112. The Balaban J connectivity index is 0.000000261. The maximum absolute atomic E-state index is 10.0. The summed E-state index contributed by atoms with van der Waals surface area (Å²) in [5.74, 6) is 0. The van der Waals surface area contributed by atoms with Gasteiger partial charge < -0.3 is 0 Å². The van der Waals surface area contributed by atoms with Gasteiger partial charge in [-0.3, -0.25) is 4.79 Å². The Morgan fingerprint density at radius 2 is 1.67 bits per heavy atom. The molecule has 0 amide bonds. The van der Waals surface area contributed by atoms with Crippen molar-refractivity contribution in [1.82, 2.24) is 0 Å². The fraction of sp³-hybridized carbons (Fsp3) is 0.300. The van der Waals surface area contributed by atoms with Gasteiger partial charge in [0, 0.05) is 9.49 Å². The molecule has 0 bridgehead atoms. The van der Waals surface area contributed by atoms with Crippen LogP contribution in [0.25, 0.3) is 0 Å². The molecule has 2 heteroatoms. The molecule has 66 valence electrons.